The van der Waals surface area contributed by atoms with Gasteiger partial charge in [-0.25, -0.2) is 4.79 Å². The third-order valence-electron chi connectivity index (χ3n) is 6.18. The molecule has 2 aliphatic heterocycles. The molecule has 5 unspecified atom stereocenters. The van der Waals surface area contributed by atoms with E-state index in [1.54, 1.807) is 4.90 Å². The fraction of sp³-hybridized carbons (Fsp3) is 0.800. The van der Waals surface area contributed by atoms with Gasteiger partial charge in [-0.3, -0.25) is 19.3 Å². The third-order valence-corrected chi connectivity index (χ3v) is 6.18. The SMILES string of the molecule is CC1CN(C(=O)C(C)OC(=O)CN2C(=O)NC3(CCCCC3C)C2=O)CC(C)O1. The monoisotopic (exact) mass is 409 g/mol. The first-order valence-corrected chi connectivity index (χ1v) is 10.4. The summed E-state index contributed by atoms with van der Waals surface area (Å²) in [6.45, 7) is 7.58. The lowest BCUT2D eigenvalue weighted by Gasteiger charge is -2.37. The second-order valence-corrected chi connectivity index (χ2v) is 8.57. The van der Waals surface area contributed by atoms with E-state index >= 15 is 0 Å². The number of ether oxygens (including phenoxy) is 2. The third kappa shape index (κ3) is 4.24. The molecule has 3 rings (SSSR count). The van der Waals surface area contributed by atoms with Crippen LogP contribution in [0.4, 0.5) is 4.79 Å². The molecule has 4 amide bonds. The van der Waals surface area contributed by atoms with Gasteiger partial charge in [-0.2, -0.15) is 0 Å². The number of hydrogen-bond donors (Lipinski definition) is 1. The highest BCUT2D eigenvalue weighted by Crippen LogP contribution is 2.38. The van der Waals surface area contributed by atoms with E-state index in [0.717, 1.165) is 24.2 Å². The summed E-state index contributed by atoms with van der Waals surface area (Å²) in [5, 5.41) is 2.80. The summed E-state index contributed by atoms with van der Waals surface area (Å²) in [6.07, 6.45) is 2.13. The fourth-order valence-electron chi connectivity index (χ4n) is 4.67. The second-order valence-electron chi connectivity index (χ2n) is 8.57. The average molecular weight is 409 g/mol. The number of imide groups is 1. The molecule has 0 aromatic heterocycles. The molecular weight excluding hydrogens is 378 g/mol. The van der Waals surface area contributed by atoms with Gasteiger partial charge in [-0.1, -0.05) is 19.8 Å². The predicted molar refractivity (Wildman–Crippen MR) is 103 cm³/mol. The topological polar surface area (TPSA) is 105 Å². The molecule has 0 aromatic rings. The number of hydrogen-bond acceptors (Lipinski definition) is 6. The van der Waals surface area contributed by atoms with Crippen molar-refractivity contribution in [2.75, 3.05) is 19.6 Å². The minimum Gasteiger partial charge on any atom is -0.451 e. The predicted octanol–water partition coefficient (Wildman–Crippen LogP) is 1.05. The molecule has 3 aliphatic rings. The van der Waals surface area contributed by atoms with Crippen LogP contribution in [-0.4, -0.2) is 77.1 Å². The molecule has 29 heavy (non-hydrogen) atoms. The Balaban J connectivity index is 1.58. The Hall–Kier alpha value is -2.16. The lowest BCUT2D eigenvalue weighted by molar-refractivity contribution is -0.165. The Bertz CT molecular complexity index is 688. The molecule has 2 saturated heterocycles. The molecule has 0 radical (unpaired) electrons. The second kappa shape index (κ2) is 8.30. The normalized spacial score (nSPS) is 33.6. The van der Waals surface area contributed by atoms with Crippen molar-refractivity contribution >= 4 is 23.8 Å². The highest BCUT2D eigenvalue weighted by molar-refractivity contribution is 6.09. The van der Waals surface area contributed by atoms with Crippen LogP contribution in [-0.2, 0) is 23.9 Å². The highest BCUT2D eigenvalue weighted by Gasteiger charge is 2.55. The van der Waals surface area contributed by atoms with Gasteiger partial charge in [0, 0.05) is 13.1 Å². The minimum atomic E-state index is -0.997. The first-order chi connectivity index (χ1) is 13.6. The molecule has 1 saturated carbocycles. The van der Waals surface area contributed by atoms with Crippen molar-refractivity contribution in [2.24, 2.45) is 5.92 Å². The Morgan fingerprint density at radius 3 is 2.48 bits per heavy atom. The zero-order chi connectivity index (χ0) is 21.3. The molecule has 9 heteroatoms. The van der Waals surface area contributed by atoms with Crippen molar-refractivity contribution in [3.63, 3.8) is 0 Å². The van der Waals surface area contributed by atoms with Gasteiger partial charge in [0.2, 0.25) is 0 Å². The molecular formula is C20H31N3O6. The molecule has 0 aromatic carbocycles. The van der Waals surface area contributed by atoms with Crippen LogP contribution < -0.4 is 5.32 Å². The van der Waals surface area contributed by atoms with Crippen LogP contribution in [0.1, 0.15) is 53.4 Å². The molecule has 1 aliphatic carbocycles. The molecule has 1 spiro atoms. The van der Waals surface area contributed by atoms with E-state index in [-0.39, 0.29) is 29.9 Å². The summed E-state index contributed by atoms with van der Waals surface area (Å²) < 4.78 is 10.9. The Labute approximate surface area is 171 Å². The van der Waals surface area contributed by atoms with Crippen molar-refractivity contribution in [3.8, 4) is 0 Å². The zero-order valence-electron chi connectivity index (χ0n) is 17.6. The van der Waals surface area contributed by atoms with Crippen molar-refractivity contribution in [1.82, 2.24) is 15.1 Å². The van der Waals surface area contributed by atoms with E-state index < -0.39 is 30.2 Å². The van der Waals surface area contributed by atoms with Gasteiger partial charge < -0.3 is 19.7 Å². The van der Waals surface area contributed by atoms with Crippen molar-refractivity contribution < 1.29 is 28.7 Å². The quantitative estimate of drug-likeness (QED) is 0.550. The van der Waals surface area contributed by atoms with Crippen LogP contribution >= 0.6 is 0 Å². The van der Waals surface area contributed by atoms with E-state index in [1.165, 1.54) is 6.92 Å². The van der Waals surface area contributed by atoms with Crippen LogP contribution in [0.25, 0.3) is 0 Å². The van der Waals surface area contributed by atoms with E-state index in [9.17, 15) is 19.2 Å². The Morgan fingerprint density at radius 2 is 1.86 bits per heavy atom. The van der Waals surface area contributed by atoms with E-state index in [2.05, 4.69) is 5.32 Å². The largest absolute Gasteiger partial charge is 0.451 e. The van der Waals surface area contributed by atoms with Crippen LogP contribution in [0.3, 0.4) is 0 Å². The minimum absolute atomic E-state index is 0.0134. The maximum atomic E-state index is 12.9. The summed E-state index contributed by atoms with van der Waals surface area (Å²) >= 11 is 0. The number of rotatable bonds is 4. The van der Waals surface area contributed by atoms with Gasteiger partial charge in [-0.05, 0) is 39.5 Å². The van der Waals surface area contributed by atoms with E-state index in [4.69, 9.17) is 9.47 Å². The smallest absolute Gasteiger partial charge is 0.327 e. The van der Waals surface area contributed by atoms with Gasteiger partial charge in [0.05, 0.1) is 12.2 Å². The standard InChI is InChI=1S/C20H31N3O6/c1-12-7-5-6-8-20(12)18(26)23(19(27)21-20)11-16(24)29-15(4)17(25)22-9-13(2)28-14(3)10-22/h12-15H,5-11H2,1-4H3,(H,21,27). The highest BCUT2D eigenvalue weighted by atomic mass is 16.5. The molecule has 3 fully saturated rings. The number of morpholine rings is 1. The summed E-state index contributed by atoms with van der Waals surface area (Å²) in [4.78, 5) is 52.8. The van der Waals surface area contributed by atoms with Crippen molar-refractivity contribution in [2.45, 2.75) is 77.2 Å². The summed E-state index contributed by atoms with van der Waals surface area (Å²) in [5.41, 5.74) is -0.920. The van der Waals surface area contributed by atoms with Gasteiger partial charge in [-0.15, -0.1) is 0 Å². The maximum Gasteiger partial charge on any atom is 0.327 e. The number of amides is 4. The zero-order valence-corrected chi connectivity index (χ0v) is 17.6. The molecule has 1 N–H and O–H groups in total. The summed E-state index contributed by atoms with van der Waals surface area (Å²) in [7, 11) is 0. The van der Waals surface area contributed by atoms with Gasteiger partial charge in [0.25, 0.3) is 11.8 Å². The van der Waals surface area contributed by atoms with Gasteiger partial charge in [0.15, 0.2) is 6.10 Å². The van der Waals surface area contributed by atoms with Crippen LogP contribution in [0.5, 0.6) is 0 Å². The van der Waals surface area contributed by atoms with Crippen molar-refractivity contribution in [1.29, 1.82) is 0 Å². The number of nitrogens with one attached hydrogen (secondary N) is 1. The van der Waals surface area contributed by atoms with E-state index in [1.807, 2.05) is 20.8 Å². The molecule has 9 nitrogen and oxygen atoms in total. The van der Waals surface area contributed by atoms with Crippen molar-refractivity contribution in [3.05, 3.63) is 0 Å². The van der Waals surface area contributed by atoms with Gasteiger partial charge >= 0.3 is 12.0 Å². The Kier molecular flexibility index (Phi) is 6.16. The van der Waals surface area contributed by atoms with Crippen LogP contribution in [0.15, 0.2) is 0 Å². The molecule has 162 valence electrons. The number of carbonyl (C=O) groups is 4. The summed E-state index contributed by atoms with van der Waals surface area (Å²) in [5.74, 6) is -1.44. The number of esters is 1. The lowest BCUT2D eigenvalue weighted by Crippen LogP contribution is -2.54. The lowest BCUT2D eigenvalue weighted by atomic mass is 9.73. The first kappa shape index (κ1) is 21.5. The fourth-order valence-corrected chi connectivity index (χ4v) is 4.67. The first-order valence-electron chi connectivity index (χ1n) is 10.4. The Morgan fingerprint density at radius 1 is 1.21 bits per heavy atom. The molecule has 5 atom stereocenters. The molecule has 0 bridgehead atoms. The van der Waals surface area contributed by atoms with Crippen LogP contribution in [0, 0.1) is 5.92 Å². The number of carbonyl (C=O) groups excluding carboxylic acids is 4. The average Bonchev–Trinajstić information content (AvgIpc) is 2.87. The number of urea groups is 1. The maximum absolute atomic E-state index is 12.9. The van der Waals surface area contributed by atoms with Crippen LogP contribution in [0.2, 0.25) is 0 Å². The van der Waals surface area contributed by atoms with Gasteiger partial charge in [0.1, 0.15) is 12.1 Å². The summed E-state index contributed by atoms with van der Waals surface area (Å²) in [6, 6.07) is -0.574. The molecule has 2 heterocycles. The number of nitrogens with zero attached hydrogens (tertiary/aromatic N) is 2. The van der Waals surface area contributed by atoms with E-state index in [0.29, 0.717) is 19.5 Å².